The minimum atomic E-state index is -4.88. The molecule has 34 heavy (non-hydrogen) atoms. The first-order chi connectivity index (χ1) is 15.9. The number of amides is 1. The van der Waals surface area contributed by atoms with Crippen LogP contribution in [0.3, 0.4) is 0 Å². The van der Waals surface area contributed by atoms with Crippen molar-refractivity contribution in [3.05, 3.63) is 61.4 Å². The van der Waals surface area contributed by atoms with Gasteiger partial charge in [-0.1, -0.05) is 31.5 Å². The van der Waals surface area contributed by atoms with Gasteiger partial charge in [-0.05, 0) is 78.7 Å². The molecule has 1 atom stereocenters. The molecular weight excluding hydrogens is 587 g/mol. The maximum Gasteiger partial charge on any atom is 0.416 e. The van der Waals surface area contributed by atoms with E-state index >= 15 is 0 Å². The number of anilines is 1. The highest BCUT2D eigenvalue weighted by molar-refractivity contribution is 14.1. The van der Waals surface area contributed by atoms with Crippen LogP contribution in [0, 0.1) is 15.3 Å². The van der Waals surface area contributed by atoms with E-state index in [1.807, 2.05) is 0 Å². The number of hydrogen-bond acceptors (Lipinski definition) is 3. The van der Waals surface area contributed by atoms with Gasteiger partial charge < -0.3 is 14.9 Å². The first-order valence-electron chi connectivity index (χ1n) is 11.1. The Bertz CT molecular complexity index is 1100. The summed E-state index contributed by atoms with van der Waals surface area (Å²) in [5.74, 6) is -2.02. The molecule has 2 aliphatic rings. The molecule has 0 radical (unpaired) electrons. The number of hydrogen-bond donors (Lipinski definition) is 1. The first-order valence-corrected chi connectivity index (χ1v) is 12.5. The monoisotopic (exact) mass is 610 g/mol. The molecule has 10 heteroatoms. The normalized spacial score (nSPS) is 24.5. The smallest absolute Gasteiger partial charge is 0.372 e. The van der Waals surface area contributed by atoms with Gasteiger partial charge in [0.15, 0.2) is 0 Å². The predicted molar refractivity (Wildman–Crippen MR) is 130 cm³/mol. The van der Waals surface area contributed by atoms with E-state index in [9.17, 15) is 27.5 Å². The van der Waals surface area contributed by atoms with Crippen molar-refractivity contribution in [2.75, 3.05) is 24.5 Å². The van der Waals surface area contributed by atoms with Crippen LogP contribution in [0.15, 0.2) is 30.3 Å². The number of fused-ring (bicyclic) bond motifs is 1. The van der Waals surface area contributed by atoms with Gasteiger partial charge >= 0.3 is 6.18 Å². The molecule has 2 aromatic rings. The molecular formula is C24H24ClF4IN2O2. The lowest BCUT2D eigenvalue weighted by Gasteiger charge is -2.43. The number of nitrogens with zero attached hydrogens (tertiary/aromatic N) is 2. The molecule has 1 amide bonds. The molecule has 1 N–H and O–H groups in total. The molecule has 4 nitrogen and oxygen atoms in total. The van der Waals surface area contributed by atoms with E-state index in [0.717, 1.165) is 38.1 Å². The summed E-state index contributed by atoms with van der Waals surface area (Å²) in [7, 11) is 0. The summed E-state index contributed by atoms with van der Waals surface area (Å²) < 4.78 is 57.5. The average molecular weight is 611 g/mol. The summed E-state index contributed by atoms with van der Waals surface area (Å²) in [6, 6.07) is 6.11. The van der Waals surface area contributed by atoms with Crippen LogP contribution < -0.4 is 4.90 Å². The number of rotatable bonds is 6. The molecule has 1 fully saturated rings. The first kappa shape index (κ1) is 25.7. The van der Waals surface area contributed by atoms with E-state index in [2.05, 4.69) is 18.7 Å². The van der Waals surface area contributed by atoms with Crippen molar-refractivity contribution < 1.29 is 27.5 Å². The van der Waals surface area contributed by atoms with Crippen LogP contribution in [0.5, 0.6) is 0 Å². The topological polar surface area (TPSA) is 43.8 Å². The largest absolute Gasteiger partial charge is 0.416 e. The third-order valence-corrected chi connectivity index (χ3v) is 7.84. The van der Waals surface area contributed by atoms with Gasteiger partial charge in [-0.2, -0.15) is 13.2 Å². The molecule has 1 unspecified atom stereocenters. The van der Waals surface area contributed by atoms with Crippen molar-refractivity contribution in [3.63, 3.8) is 0 Å². The van der Waals surface area contributed by atoms with E-state index in [1.165, 1.54) is 23.1 Å². The Morgan fingerprint density at radius 1 is 1.21 bits per heavy atom. The number of carbonyl (C=O) groups is 1. The second-order valence-corrected chi connectivity index (χ2v) is 10.4. The zero-order chi connectivity index (χ0) is 25.0. The average Bonchev–Trinajstić information content (AvgIpc) is 2.93. The van der Waals surface area contributed by atoms with E-state index < -0.39 is 40.2 Å². The molecule has 1 heterocycles. The van der Waals surface area contributed by atoms with Crippen LogP contribution >= 0.6 is 34.2 Å². The quantitative estimate of drug-likeness (QED) is 0.332. The summed E-state index contributed by atoms with van der Waals surface area (Å²) in [5.41, 5.74) is -5.46. The SMILES string of the molecule is CCN(CC)[C@H]1C[C@H](CN2C(=O)C(O)(c3c(F)cccc3Cl)c3c2cc(I)cc3C(F)(F)F)C1. The standard InChI is InChI=1S/C24H24ClF4IN2O2/c1-3-31(4-2)15-8-13(9-15)12-32-19-11-14(30)10-16(24(27,28)29)20(19)23(34,22(32)33)21-17(25)6-5-7-18(21)26/h5-7,10-11,13,15,34H,3-4,8-9,12H2,1-2H3/t13-,15-,23?. The Hall–Kier alpha value is -1.43. The van der Waals surface area contributed by atoms with Crippen molar-refractivity contribution in [1.82, 2.24) is 4.90 Å². The summed E-state index contributed by atoms with van der Waals surface area (Å²) in [4.78, 5) is 17.1. The van der Waals surface area contributed by atoms with Crippen LogP contribution in [0.2, 0.25) is 5.02 Å². The lowest BCUT2D eigenvalue weighted by molar-refractivity contribution is -0.142. The third kappa shape index (κ3) is 4.12. The summed E-state index contributed by atoms with van der Waals surface area (Å²) in [6.45, 7) is 6.04. The fraction of sp³-hybridized carbons (Fsp3) is 0.458. The second-order valence-electron chi connectivity index (χ2n) is 8.78. The van der Waals surface area contributed by atoms with Crippen molar-refractivity contribution in [1.29, 1.82) is 0 Å². The maximum atomic E-state index is 14.9. The number of carbonyl (C=O) groups excluding carboxylic acids is 1. The lowest BCUT2D eigenvalue weighted by Crippen LogP contribution is -2.50. The molecule has 0 spiro atoms. The van der Waals surface area contributed by atoms with Gasteiger partial charge in [-0.3, -0.25) is 4.79 Å². The predicted octanol–water partition coefficient (Wildman–Crippen LogP) is 5.81. The summed E-state index contributed by atoms with van der Waals surface area (Å²) >= 11 is 7.90. The van der Waals surface area contributed by atoms with Gasteiger partial charge in [0.05, 0.1) is 21.8 Å². The van der Waals surface area contributed by atoms with Crippen LogP contribution in [0.1, 0.15) is 43.4 Å². The molecule has 1 aliphatic carbocycles. The van der Waals surface area contributed by atoms with Crippen LogP contribution in [0.4, 0.5) is 23.2 Å². The minimum absolute atomic E-state index is 0.0491. The van der Waals surface area contributed by atoms with Gasteiger partial charge in [-0.15, -0.1) is 0 Å². The van der Waals surface area contributed by atoms with Gasteiger partial charge in [-0.25, -0.2) is 4.39 Å². The van der Waals surface area contributed by atoms with Gasteiger partial charge in [0, 0.05) is 21.7 Å². The van der Waals surface area contributed by atoms with E-state index in [1.54, 1.807) is 22.6 Å². The number of aliphatic hydroxyl groups is 1. The Balaban J connectivity index is 1.82. The molecule has 2 aromatic carbocycles. The summed E-state index contributed by atoms with van der Waals surface area (Å²) in [6.07, 6.45) is -3.30. The van der Waals surface area contributed by atoms with Crippen LogP contribution in [0.25, 0.3) is 0 Å². The number of alkyl halides is 3. The fourth-order valence-electron chi connectivity index (χ4n) is 5.22. The zero-order valence-corrected chi connectivity index (χ0v) is 21.5. The summed E-state index contributed by atoms with van der Waals surface area (Å²) in [5, 5.41) is 11.3. The number of halogens is 6. The van der Waals surface area contributed by atoms with Crippen molar-refractivity contribution >= 4 is 45.8 Å². The van der Waals surface area contributed by atoms with Crippen LogP contribution in [-0.2, 0) is 16.6 Å². The minimum Gasteiger partial charge on any atom is -0.372 e. The lowest BCUT2D eigenvalue weighted by atomic mass is 9.78. The molecule has 4 rings (SSSR count). The highest BCUT2D eigenvalue weighted by Gasteiger charge is 2.58. The molecule has 0 aromatic heterocycles. The van der Waals surface area contributed by atoms with Crippen LogP contribution in [-0.4, -0.2) is 41.6 Å². The number of benzene rings is 2. The third-order valence-electron chi connectivity index (χ3n) is 6.90. The van der Waals surface area contributed by atoms with Gasteiger partial charge in [0.1, 0.15) is 5.82 Å². The van der Waals surface area contributed by atoms with E-state index in [4.69, 9.17) is 11.6 Å². The molecule has 0 bridgehead atoms. The van der Waals surface area contributed by atoms with E-state index in [-0.39, 0.29) is 26.7 Å². The Kier molecular flexibility index (Phi) is 6.96. The maximum absolute atomic E-state index is 14.9. The van der Waals surface area contributed by atoms with Crippen molar-refractivity contribution in [3.8, 4) is 0 Å². The Morgan fingerprint density at radius 3 is 2.41 bits per heavy atom. The molecule has 1 aliphatic heterocycles. The molecule has 0 saturated heterocycles. The molecule has 1 saturated carbocycles. The van der Waals surface area contributed by atoms with Crippen molar-refractivity contribution in [2.24, 2.45) is 5.92 Å². The van der Waals surface area contributed by atoms with Gasteiger partial charge in [0.25, 0.3) is 5.91 Å². The van der Waals surface area contributed by atoms with Gasteiger partial charge in [0.2, 0.25) is 5.60 Å². The zero-order valence-electron chi connectivity index (χ0n) is 18.6. The highest BCUT2D eigenvalue weighted by atomic mass is 127. The highest BCUT2D eigenvalue weighted by Crippen LogP contribution is 2.53. The second kappa shape index (κ2) is 9.22. The van der Waals surface area contributed by atoms with E-state index in [0.29, 0.717) is 6.04 Å². The Morgan fingerprint density at radius 2 is 1.85 bits per heavy atom. The Labute approximate surface area is 214 Å². The molecule has 184 valence electrons. The fourth-order valence-corrected chi connectivity index (χ4v) is 6.13. The van der Waals surface area contributed by atoms with Crippen molar-refractivity contribution in [2.45, 2.75) is 44.5 Å².